The summed E-state index contributed by atoms with van der Waals surface area (Å²) in [7, 11) is 0. The van der Waals surface area contributed by atoms with E-state index in [9.17, 15) is 23.6 Å². The molecule has 0 fully saturated rings. The maximum absolute atomic E-state index is 14.5. The van der Waals surface area contributed by atoms with Crippen LogP contribution in [0.5, 0.6) is 0 Å². The van der Waals surface area contributed by atoms with Crippen LogP contribution in [0.3, 0.4) is 0 Å². The molecule has 2 amide bonds. The van der Waals surface area contributed by atoms with E-state index in [4.69, 9.17) is 11.5 Å². The predicted octanol–water partition coefficient (Wildman–Crippen LogP) is 0.163. The molecule has 0 spiro atoms. The topological polar surface area (TPSA) is 254 Å². The van der Waals surface area contributed by atoms with Crippen LogP contribution in [-0.2, 0) is 19.5 Å². The molecular formula is C29H24FN13O4. The molecule has 3 aromatic heterocycles. The van der Waals surface area contributed by atoms with Crippen LogP contribution in [-0.4, -0.2) is 52.0 Å². The molecule has 17 nitrogen and oxygen atoms in total. The molecule has 6 aromatic rings. The molecule has 0 saturated heterocycles. The summed E-state index contributed by atoms with van der Waals surface area (Å²) in [6, 6.07) is 10.9. The number of carbonyl (C=O) groups is 2. The van der Waals surface area contributed by atoms with E-state index < -0.39 is 28.5 Å². The molecule has 7 rings (SSSR count). The number of tetrazole rings is 1. The molecule has 1 aliphatic rings. The van der Waals surface area contributed by atoms with Gasteiger partial charge in [0.15, 0.2) is 0 Å². The maximum Gasteiger partial charge on any atom is 0.270 e. The first-order chi connectivity index (χ1) is 22.7. The van der Waals surface area contributed by atoms with Crippen LogP contribution in [0, 0.1) is 5.82 Å². The van der Waals surface area contributed by atoms with Crippen molar-refractivity contribution in [2.45, 2.75) is 32.0 Å². The number of nitrogens with zero attached hydrogens (tertiary/aromatic N) is 7. The Morgan fingerprint density at radius 2 is 1.87 bits per heavy atom. The summed E-state index contributed by atoms with van der Waals surface area (Å²) in [4.78, 5) is 58.1. The Kier molecular flexibility index (Phi) is 7.07. The van der Waals surface area contributed by atoms with Crippen LogP contribution < -0.4 is 38.3 Å². The summed E-state index contributed by atoms with van der Waals surface area (Å²) in [5.41, 5.74) is 12.9. The number of anilines is 3. The molecule has 0 unspecified atom stereocenters. The van der Waals surface area contributed by atoms with Gasteiger partial charge in [-0.1, -0.05) is 18.2 Å². The number of nitrogen functional groups attached to an aromatic ring is 2. The first-order valence-corrected chi connectivity index (χ1v) is 14.2. The summed E-state index contributed by atoms with van der Waals surface area (Å²) in [5, 5.41) is 26.5. The van der Waals surface area contributed by atoms with Crippen LogP contribution in [0.2, 0.25) is 0 Å². The minimum atomic E-state index is -0.787. The van der Waals surface area contributed by atoms with Gasteiger partial charge >= 0.3 is 0 Å². The van der Waals surface area contributed by atoms with Gasteiger partial charge in [0.2, 0.25) is 11.8 Å². The first kappa shape index (κ1) is 29.1. The number of nitrogens with one attached hydrogen (secondary N) is 4. The van der Waals surface area contributed by atoms with Gasteiger partial charge in [-0.2, -0.15) is 14.7 Å². The molecule has 0 radical (unpaired) electrons. The largest absolute Gasteiger partial charge is 0.394 e. The average Bonchev–Trinajstić information content (AvgIpc) is 3.84. The number of benzene rings is 2. The monoisotopic (exact) mass is 637 g/mol. The number of carbonyl (C=O) groups excluding carboxylic acids is 2. The Balaban J connectivity index is 1.07. The lowest BCUT2D eigenvalue weighted by molar-refractivity contribution is 0.0931. The number of H-pyrrole nitrogens is 1. The van der Waals surface area contributed by atoms with Gasteiger partial charge < -0.3 is 27.4 Å². The van der Waals surface area contributed by atoms with Crippen molar-refractivity contribution in [2.75, 3.05) is 16.8 Å². The Morgan fingerprint density at radius 1 is 1.02 bits per heavy atom. The van der Waals surface area contributed by atoms with Gasteiger partial charge in [-0.05, 0) is 52.9 Å². The third-order valence-electron chi connectivity index (χ3n) is 7.89. The van der Waals surface area contributed by atoms with E-state index in [0.29, 0.717) is 17.8 Å². The van der Waals surface area contributed by atoms with E-state index in [1.165, 1.54) is 24.3 Å². The van der Waals surface area contributed by atoms with E-state index in [1.807, 2.05) is 18.2 Å². The second kappa shape index (κ2) is 11.4. The predicted molar refractivity (Wildman–Crippen MR) is 164 cm³/mol. The van der Waals surface area contributed by atoms with E-state index in [0.717, 1.165) is 27.6 Å². The van der Waals surface area contributed by atoms with Crippen LogP contribution >= 0.6 is 0 Å². The Morgan fingerprint density at radius 3 is 2.66 bits per heavy atom. The van der Waals surface area contributed by atoms with Gasteiger partial charge in [-0.25, -0.2) is 9.37 Å². The molecule has 1 aliphatic carbocycles. The minimum Gasteiger partial charge on any atom is -0.394 e. The summed E-state index contributed by atoms with van der Waals surface area (Å²) in [6.45, 7) is -0.148. The van der Waals surface area contributed by atoms with Gasteiger partial charge in [0.25, 0.3) is 28.4 Å². The fourth-order valence-electron chi connectivity index (χ4n) is 5.50. The van der Waals surface area contributed by atoms with Crippen LogP contribution in [0.1, 0.15) is 55.7 Å². The van der Waals surface area contributed by atoms with Crippen LogP contribution in [0.4, 0.5) is 21.7 Å². The molecule has 8 N–H and O–H groups in total. The van der Waals surface area contributed by atoms with Gasteiger partial charge in [0.05, 0.1) is 6.04 Å². The molecule has 236 valence electrons. The van der Waals surface area contributed by atoms with Gasteiger partial charge in [0, 0.05) is 30.3 Å². The van der Waals surface area contributed by atoms with E-state index in [2.05, 4.69) is 51.6 Å². The minimum absolute atomic E-state index is 0.0331. The van der Waals surface area contributed by atoms with Crippen molar-refractivity contribution < 1.29 is 14.0 Å². The SMILES string of the molecule is Nc1nc2nc(C(=O)N[C@H]3CCc4cc(-c5nn[nH]n5)ccc43)cc(C(=O)NCc3ccc(F)c(CNc4c(N)c(=O)c4=O)c3)n2n1. The number of amides is 2. The lowest BCUT2D eigenvalue weighted by Gasteiger charge is -2.15. The zero-order chi connectivity index (χ0) is 32.8. The number of aryl methyl sites for hydroxylation is 1. The van der Waals surface area contributed by atoms with Crippen molar-refractivity contribution in [1.82, 2.24) is 50.8 Å². The highest BCUT2D eigenvalue weighted by Gasteiger charge is 2.27. The number of hydrogen-bond acceptors (Lipinski definition) is 13. The average molecular weight is 638 g/mol. The molecule has 0 aliphatic heterocycles. The van der Waals surface area contributed by atoms with Crippen LogP contribution in [0.15, 0.2) is 52.1 Å². The number of rotatable bonds is 9. The first-order valence-electron chi connectivity index (χ1n) is 14.2. The normalized spacial score (nSPS) is 13.9. The summed E-state index contributed by atoms with van der Waals surface area (Å²) in [6.07, 6.45) is 1.37. The van der Waals surface area contributed by atoms with Gasteiger partial charge in [0.1, 0.15) is 28.6 Å². The summed E-state index contributed by atoms with van der Waals surface area (Å²) in [5.74, 6) is -1.45. The number of aromatic amines is 1. The van der Waals surface area contributed by atoms with Crippen molar-refractivity contribution in [2.24, 2.45) is 0 Å². The zero-order valence-corrected chi connectivity index (χ0v) is 24.2. The molecular weight excluding hydrogens is 613 g/mol. The van der Waals surface area contributed by atoms with Gasteiger partial charge in [-0.15, -0.1) is 15.3 Å². The molecule has 3 heterocycles. The zero-order valence-electron chi connectivity index (χ0n) is 24.2. The summed E-state index contributed by atoms with van der Waals surface area (Å²) >= 11 is 0. The van der Waals surface area contributed by atoms with Crippen molar-refractivity contribution in [3.05, 3.63) is 102 Å². The number of aromatic nitrogens is 8. The van der Waals surface area contributed by atoms with E-state index >= 15 is 0 Å². The highest BCUT2D eigenvalue weighted by Crippen LogP contribution is 2.33. The number of halogens is 1. The second-order valence-electron chi connectivity index (χ2n) is 10.8. The molecule has 0 bridgehead atoms. The molecule has 3 aromatic carbocycles. The molecule has 47 heavy (non-hydrogen) atoms. The number of nitrogens with two attached hydrogens (primary N) is 2. The van der Waals surface area contributed by atoms with Crippen molar-refractivity contribution in [3.8, 4) is 11.4 Å². The number of hydrogen-bond donors (Lipinski definition) is 6. The fourth-order valence-corrected chi connectivity index (χ4v) is 5.50. The van der Waals surface area contributed by atoms with Crippen molar-refractivity contribution >= 4 is 34.9 Å². The van der Waals surface area contributed by atoms with Crippen molar-refractivity contribution in [1.29, 1.82) is 0 Å². The third-order valence-corrected chi connectivity index (χ3v) is 7.89. The quantitative estimate of drug-likeness (QED) is 0.116. The second-order valence-corrected chi connectivity index (χ2v) is 10.8. The fraction of sp³-hybridized carbons (Fsp3) is 0.172. The highest BCUT2D eigenvalue weighted by molar-refractivity contribution is 5.98. The molecule has 18 heteroatoms. The number of fused-ring (bicyclic) bond motifs is 2. The van der Waals surface area contributed by atoms with Crippen LogP contribution in [0.25, 0.3) is 17.2 Å². The lowest BCUT2D eigenvalue weighted by atomic mass is 10.0. The Bertz CT molecular complexity index is 2270. The smallest absolute Gasteiger partial charge is 0.270 e. The van der Waals surface area contributed by atoms with Gasteiger partial charge in [-0.3, -0.25) is 19.2 Å². The van der Waals surface area contributed by atoms with Crippen molar-refractivity contribution in [3.63, 3.8) is 0 Å². The molecule has 0 saturated carbocycles. The molecule has 1 atom stereocenters. The van der Waals surface area contributed by atoms with E-state index in [-0.39, 0.29) is 59.2 Å². The third kappa shape index (κ3) is 5.36. The van der Waals surface area contributed by atoms with E-state index in [1.54, 1.807) is 0 Å². The Labute approximate surface area is 262 Å². The maximum atomic E-state index is 14.5. The lowest BCUT2D eigenvalue weighted by Crippen LogP contribution is -2.37. The Hall–Kier alpha value is -6.59. The standard InChI is InChI=1S/C29H24FN13O4/c30-17-5-1-12(7-15(17)11-33-22-21(31)23(44)24(22)45)10-34-27(47)20-9-19(36-29-37-28(32)40-43(20)29)26(46)35-18-6-3-13-8-14(2-4-16(13)18)25-38-41-42-39-25/h1-2,4-5,7-9,18,33H,3,6,10-11,31H2,(H2,32,40)(H,34,47)(H,35,46)(H,38,39,41,42)/t18-/m0/s1. The highest BCUT2D eigenvalue weighted by atomic mass is 19.1. The summed E-state index contributed by atoms with van der Waals surface area (Å²) < 4.78 is 15.6.